The van der Waals surface area contributed by atoms with Crippen molar-refractivity contribution in [3.8, 4) is 0 Å². The van der Waals surface area contributed by atoms with Gasteiger partial charge in [0.2, 0.25) is 0 Å². The predicted octanol–water partition coefficient (Wildman–Crippen LogP) is 1.41. The maximum atomic E-state index is 12.7. The van der Waals surface area contributed by atoms with Gasteiger partial charge in [0.1, 0.15) is 5.60 Å². The van der Waals surface area contributed by atoms with Crippen LogP contribution in [-0.4, -0.2) is 39.6 Å². The zero-order chi connectivity index (χ0) is 13.7. The van der Waals surface area contributed by atoms with E-state index in [1.165, 1.54) is 6.20 Å². The van der Waals surface area contributed by atoms with Gasteiger partial charge in [-0.25, -0.2) is 4.98 Å². The van der Waals surface area contributed by atoms with Crippen LogP contribution >= 0.6 is 0 Å². The number of piperidine rings is 3. The largest absolute Gasteiger partial charge is 0.434 e. The molecule has 0 spiro atoms. The van der Waals surface area contributed by atoms with Gasteiger partial charge < -0.3 is 10.0 Å². The second-order valence-electron chi connectivity index (χ2n) is 5.26. The van der Waals surface area contributed by atoms with E-state index in [0.717, 1.165) is 25.9 Å². The van der Waals surface area contributed by atoms with E-state index in [-0.39, 0.29) is 11.6 Å². The van der Waals surface area contributed by atoms with Crippen LogP contribution in [0.15, 0.2) is 12.4 Å². The molecule has 0 aromatic carbocycles. The first-order valence-corrected chi connectivity index (χ1v) is 6.24. The van der Waals surface area contributed by atoms with Crippen LogP contribution in [-0.2, 0) is 11.8 Å². The molecule has 1 aromatic heterocycles. The Bertz CT molecular complexity index is 485. The SMILES string of the molecule is OC1(c2cncc(C(F)(F)F)n2)CN2CCC1CC2. The van der Waals surface area contributed by atoms with Crippen molar-refractivity contribution < 1.29 is 18.3 Å². The van der Waals surface area contributed by atoms with Crippen molar-refractivity contribution >= 4 is 0 Å². The first-order chi connectivity index (χ1) is 8.89. The minimum absolute atomic E-state index is 0.0321. The molecule has 2 bridgehead atoms. The molecular weight excluding hydrogens is 259 g/mol. The summed E-state index contributed by atoms with van der Waals surface area (Å²) in [6.45, 7) is 2.12. The molecule has 4 heterocycles. The summed E-state index contributed by atoms with van der Waals surface area (Å²) in [5.74, 6) is -0.0321. The number of halogens is 3. The summed E-state index contributed by atoms with van der Waals surface area (Å²) in [6.07, 6.45) is -1.03. The highest BCUT2D eigenvalue weighted by Gasteiger charge is 2.48. The van der Waals surface area contributed by atoms with Crippen LogP contribution in [0.5, 0.6) is 0 Å². The Balaban J connectivity index is 1.98. The van der Waals surface area contributed by atoms with Gasteiger partial charge in [-0.3, -0.25) is 4.98 Å². The highest BCUT2D eigenvalue weighted by molar-refractivity contribution is 5.18. The van der Waals surface area contributed by atoms with E-state index in [9.17, 15) is 18.3 Å². The molecule has 0 saturated carbocycles. The summed E-state index contributed by atoms with van der Waals surface area (Å²) >= 11 is 0. The molecule has 3 aliphatic heterocycles. The van der Waals surface area contributed by atoms with Crippen molar-refractivity contribution in [3.63, 3.8) is 0 Å². The summed E-state index contributed by atoms with van der Waals surface area (Å²) in [7, 11) is 0. The minimum atomic E-state index is -4.53. The third-order valence-electron chi connectivity index (χ3n) is 4.10. The fourth-order valence-electron chi connectivity index (χ4n) is 3.04. The molecule has 0 aliphatic carbocycles. The Morgan fingerprint density at radius 2 is 1.95 bits per heavy atom. The van der Waals surface area contributed by atoms with E-state index < -0.39 is 17.5 Å². The van der Waals surface area contributed by atoms with Crippen LogP contribution in [0.25, 0.3) is 0 Å². The molecule has 1 atom stereocenters. The third-order valence-corrected chi connectivity index (χ3v) is 4.10. The lowest BCUT2D eigenvalue weighted by molar-refractivity contribution is -0.144. The topological polar surface area (TPSA) is 49.3 Å². The molecule has 1 N–H and O–H groups in total. The zero-order valence-corrected chi connectivity index (χ0v) is 10.2. The van der Waals surface area contributed by atoms with Crippen molar-refractivity contribution in [1.29, 1.82) is 0 Å². The summed E-state index contributed by atoms with van der Waals surface area (Å²) < 4.78 is 38.0. The van der Waals surface area contributed by atoms with Gasteiger partial charge in [-0.1, -0.05) is 0 Å². The highest BCUT2D eigenvalue weighted by Crippen LogP contribution is 2.42. The van der Waals surface area contributed by atoms with Gasteiger partial charge >= 0.3 is 6.18 Å². The number of hydrogen-bond acceptors (Lipinski definition) is 4. The maximum Gasteiger partial charge on any atom is 0.434 e. The average Bonchev–Trinajstić information content (AvgIpc) is 2.39. The Morgan fingerprint density at radius 1 is 1.26 bits per heavy atom. The fraction of sp³-hybridized carbons (Fsp3) is 0.667. The molecule has 3 aliphatic rings. The second-order valence-corrected chi connectivity index (χ2v) is 5.26. The quantitative estimate of drug-likeness (QED) is 0.840. The van der Waals surface area contributed by atoms with Gasteiger partial charge in [0.05, 0.1) is 18.1 Å². The first-order valence-electron chi connectivity index (χ1n) is 6.24. The molecule has 3 saturated heterocycles. The fourth-order valence-corrected chi connectivity index (χ4v) is 3.04. The second kappa shape index (κ2) is 4.14. The molecule has 7 heteroatoms. The lowest BCUT2D eigenvalue weighted by atomic mass is 9.73. The van der Waals surface area contributed by atoms with Gasteiger partial charge in [0.15, 0.2) is 5.69 Å². The van der Waals surface area contributed by atoms with Gasteiger partial charge in [-0.15, -0.1) is 0 Å². The monoisotopic (exact) mass is 273 g/mol. The molecule has 4 rings (SSSR count). The van der Waals surface area contributed by atoms with Crippen molar-refractivity contribution in [2.75, 3.05) is 19.6 Å². The molecule has 3 fully saturated rings. The van der Waals surface area contributed by atoms with Crippen LogP contribution in [0.4, 0.5) is 13.2 Å². The first kappa shape index (κ1) is 12.8. The van der Waals surface area contributed by atoms with E-state index in [4.69, 9.17) is 0 Å². The normalized spacial score (nSPS) is 34.5. The molecule has 1 unspecified atom stereocenters. The van der Waals surface area contributed by atoms with Crippen molar-refractivity contribution in [1.82, 2.24) is 14.9 Å². The molecule has 0 amide bonds. The van der Waals surface area contributed by atoms with Crippen molar-refractivity contribution in [3.05, 3.63) is 23.8 Å². The number of rotatable bonds is 1. The van der Waals surface area contributed by atoms with Gasteiger partial charge in [0.25, 0.3) is 0 Å². The summed E-state index contributed by atoms with van der Waals surface area (Å²) in [5.41, 5.74) is -2.31. The smallest absolute Gasteiger partial charge is 0.382 e. The number of alkyl halides is 3. The Kier molecular flexibility index (Phi) is 2.79. The lowest BCUT2D eigenvalue weighted by Gasteiger charge is -2.49. The number of aliphatic hydroxyl groups is 1. The number of nitrogens with zero attached hydrogens (tertiary/aromatic N) is 3. The van der Waals surface area contributed by atoms with E-state index in [0.29, 0.717) is 12.7 Å². The average molecular weight is 273 g/mol. The van der Waals surface area contributed by atoms with E-state index in [1.807, 2.05) is 0 Å². The summed E-state index contributed by atoms with van der Waals surface area (Å²) in [4.78, 5) is 9.25. The lowest BCUT2D eigenvalue weighted by Crippen LogP contribution is -2.57. The van der Waals surface area contributed by atoms with Gasteiger partial charge in [0, 0.05) is 6.54 Å². The number of hydrogen-bond donors (Lipinski definition) is 1. The van der Waals surface area contributed by atoms with Gasteiger partial charge in [-0.05, 0) is 31.8 Å². The zero-order valence-electron chi connectivity index (χ0n) is 10.2. The molecule has 19 heavy (non-hydrogen) atoms. The minimum Gasteiger partial charge on any atom is -0.382 e. The van der Waals surface area contributed by atoms with Crippen LogP contribution in [0.3, 0.4) is 0 Å². The Morgan fingerprint density at radius 3 is 2.47 bits per heavy atom. The van der Waals surface area contributed by atoms with Crippen molar-refractivity contribution in [2.45, 2.75) is 24.6 Å². The van der Waals surface area contributed by atoms with Crippen LogP contribution in [0.1, 0.15) is 24.2 Å². The molecule has 0 radical (unpaired) electrons. The van der Waals surface area contributed by atoms with Gasteiger partial charge in [-0.2, -0.15) is 13.2 Å². The molecule has 104 valence electrons. The van der Waals surface area contributed by atoms with Crippen LogP contribution in [0.2, 0.25) is 0 Å². The van der Waals surface area contributed by atoms with E-state index in [1.54, 1.807) is 0 Å². The van der Waals surface area contributed by atoms with Crippen LogP contribution < -0.4 is 0 Å². The maximum absolute atomic E-state index is 12.7. The Labute approximate surface area is 108 Å². The van der Waals surface area contributed by atoms with E-state index >= 15 is 0 Å². The molecule has 4 nitrogen and oxygen atoms in total. The summed E-state index contributed by atoms with van der Waals surface area (Å²) in [6, 6.07) is 0. The summed E-state index contributed by atoms with van der Waals surface area (Å²) in [5, 5.41) is 10.7. The molecule has 1 aromatic rings. The number of fused-ring (bicyclic) bond motifs is 3. The standard InChI is InChI=1S/C12H14F3N3O/c13-12(14,15)10-6-16-5-9(17-10)11(19)7-18-3-1-8(11)2-4-18/h5-6,8,19H,1-4,7H2. The molecular formula is C12H14F3N3O. The predicted molar refractivity (Wildman–Crippen MR) is 60.1 cm³/mol. The third kappa shape index (κ3) is 2.10. The Hall–Kier alpha value is -1.21. The highest BCUT2D eigenvalue weighted by atomic mass is 19.4. The van der Waals surface area contributed by atoms with Crippen molar-refractivity contribution in [2.24, 2.45) is 5.92 Å². The van der Waals surface area contributed by atoms with E-state index in [2.05, 4.69) is 14.9 Å². The number of aromatic nitrogens is 2. The van der Waals surface area contributed by atoms with Crippen LogP contribution in [0, 0.1) is 5.92 Å².